The van der Waals surface area contributed by atoms with Crippen molar-refractivity contribution in [3.8, 4) is 0 Å². The van der Waals surface area contributed by atoms with Gasteiger partial charge in [-0.05, 0) is 153 Å². The number of amides is 2. The summed E-state index contributed by atoms with van der Waals surface area (Å²) in [6.45, 7) is 24.2. The highest BCUT2D eigenvalue weighted by atomic mass is 35.5. The molecule has 1 aromatic rings. The Bertz CT molecular complexity index is 1980. The van der Waals surface area contributed by atoms with E-state index < -0.39 is 28.8 Å². The number of aliphatic carboxylic acids is 1. The van der Waals surface area contributed by atoms with Crippen molar-refractivity contribution in [2.24, 2.45) is 68.0 Å². The van der Waals surface area contributed by atoms with Crippen LogP contribution in [0.25, 0.3) is 0 Å². The number of hydrogen-bond donors (Lipinski definition) is 3. The molecule has 10 atom stereocenters. The lowest BCUT2D eigenvalue weighted by Crippen LogP contribution is -2.66. The number of carbonyl (C=O) groups is 5. The van der Waals surface area contributed by atoms with Gasteiger partial charge >= 0.3 is 11.9 Å². The van der Waals surface area contributed by atoms with Gasteiger partial charge in [0.25, 0.3) is 5.91 Å². The highest BCUT2D eigenvalue weighted by Crippen LogP contribution is 2.77. The molecular weight excluding hydrogens is 776 g/mol. The van der Waals surface area contributed by atoms with E-state index in [-0.39, 0.29) is 68.6 Å². The lowest BCUT2D eigenvalue weighted by Gasteiger charge is -2.72. The molecule has 2 amide bonds. The van der Waals surface area contributed by atoms with Crippen molar-refractivity contribution in [1.29, 1.82) is 0 Å². The van der Waals surface area contributed by atoms with Gasteiger partial charge in [0.1, 0.15) is 11.6 Å². The molecule has 7 rings (SSSR count). The van der Waals surface area contributed by atoms with Gasteiger partial charge in [0.2, 0.25) is 5.91 Å². The van der Waals surface area contributed by atoms with Crippen LogP contribution in [0.1, 0.15) is 157 Å². The normalized spacial score (nSPS) is 37.8. The van der Waals surface area contributed by atoms with E-state index in [0.717, 1.165) is 56.9 Å². The molecule has 0 radical (unpaired) electrons. The van der Waals surface area contributed by atoms with E-state index in [2.05, 4.69) is 59.1 Å². The van der Waals surface area contributed by atoms with Crippen LogP contribution in [0.5, 0.6) is 0 Å². The van der Waals surface area contributed by atoms with E-state index in [1.807, 2.05) is 13.8 Å². The molecule has 6 aliphatic carbocycles. The second-order valence-electron chi connectivity index (χ2n) is 22.9. The SMILES string of the molecule is CC(C)C1=C2[C@H]3CC[C@@H]4[C@@]5(C)CC[C@H](OC(=O)[C@H]6C[C@@H](C(=O)O)C6(C)C)C(C)(C)[C@@H]5CC[C@@]4(C)[C@]3(C)CC[C@@]2(CCNC(=O)C(C)(C)NC(=O)c2ccc(Cl)cc2)CC1=O. The number of hydrogen-bond acceptors (Lipinski definition) is 6. The Morgan fingerprint density at radius 2 is 1.52 bits per heavy atom. The molecule has 6 aliphatic rings. The zero-order valence-electron chi connectivity index (χ0n) is 38.1. The lowest BCUT2D eigenvalue weighted by atomic mass is 9.33. The number of carboxylic acids is 1. The Hall–Kier alpha value is -3.20. The topological polar surface area (TPSA) is 139 Å². The average molecular weight is 848 g/mol. The van der Waals surface area contributed by atoms with Gasteiger partial charge in [-0.3, -0.25) is 24.0 Å². The van der Waals surface area contributed by atoms with E-state index in [4.69, 9.17) is 16.3 Å². The number of benzene rings is 1. The maximum absolute atomic E-state index is 14.2. The van der Waals surface area contributed by atoms with Crippen molar-refractivity contribution in [1.82, 2.24) is 10.6 Å². The molecule has 3 N–H and O–H groups in total. The number of Topliss-reactive ketones (excluding diaryl/α,β-unsaturated/α-hetero) is 1. The molecule has 330 valence electrons. The molecule has 10 heteroatoms. The number of ether oxygens (including phenoxy) is 1. The van der Waals surface area contributed by atoms with E-state index >= 15 is 0 Å². The summed E-state index contributed by atoms with van der Waals surface area (Å²) in [6.07, 6.45) is 9.34. The fraction of sp³-hybridized carbons (Fsp3) is 0.740. The van der Waals surface area contributed by atoms with Crippen LogP contribution < -0.4 is 10.6 Å². The van der Waals surface area contributed by atoms with Crippen molar-refractivity contribution >= 4 is 41.1 Å². The van der Waals surface area contributed by atoms with Crippen LogP contribution in [-0.2, 0) is 23.9 Å². The minimum Gasteiger partial charge on any atom is -0.481 e. The van der Waals surface area contributed by atoms with Gasteiger partial charge in [0.15, 0.2) is 5.78 Å². The van der Waals surface area contributed by atoms with Gasteiger partial charge in [0, 0.05) is 34.4 Å². The third kappa shape index (κ3) is 6.79. The summed E-state index contributed by atoms with van der Waals surface area (Å²) in [5.74, 6) is -1.06. The first-order chi connectivity index (χ1) is 27.8. The van der Waals surface area contributed by atoms with Crippen molar-refractivity contribution in [3.05, 3.63) is 46.0 Å². The highest BCUT2D eigenvalue weighted by Gasteiger charge is 2.70. The number of rotatable bonds is 10. The van der Waals surface area contributed by atoms with E-state index in [9.17, 15) is 29.1 Å². The number of fused-ring (bicyclic) bond motifs is 7. The summed E-state index contributed by atoms with van der Waals surface area (Å²) < 4.78 is 6.42. The molecule has 0 aliphatic heterocycles. The van der Waals surface area contributed by atoms with E-state index in [1.165, 1.54) is 5.57 Å². The maximum atomic E-state index is 14.2. The Balaban J connectivity index is 1.08. The Labute approximate surface area is 363 Å². The highest BCUT2D eigenvalue weighted by molar-refractivity contribution is 6.30. The number of esters is 1. The number of halogens is 1. The summed E-state index contributed by atoms with van der Waals surface area (Å²) in [6, 6.07) is 6.59. The molecule has 60 heavy (non-hydrogen) atoms. The van der Waals surface area contributed by atoms with Gasteiger partial charge in [-0.25, -0.2) is 0 Å². The summed E-state index contributed by atoms with van der Waals surface area (Å²) in [4.78, 5) is 66.3. The number of nitrogens with one attached hydrogen (secondary N) is 2. The molecule has 9 nitrogen and oxygen atoms in total. The fourth-order valence-corrected chi connectivity index (χ4v) is 15.0. The summed E-state index contributed by atoms with van der Waals surface area (Å²) >= 11 is 6.02. The van der Waals surface area contributed by atoms with Crippen molar-refractivity contribution in [3.63, 3.8) is 0 Å². The van der Waals surface area contributed by atoms with Crippen LogP contribution in [0.15, 0.2) is 35.4 Å². The molecular formula is C50H71ClN2O7. The molecule has 0 heterocycles. The van der Waals surface area contributed by atoms with Gasteiger partial charge in [-0.2, -0.15) is 0 Å². The van der Waals surface area contributed by atoms with Crippen LogP contribution in [0.3, 0.4) is 0 Å². The molecule has 1 aromatic carbocycles. The van der Waals surface area contributed by atoms with Crippen molar-refractivity contribution in [2.75, 3.05) is 6.54 Å². The standard InChI is InChI=1S/C50H71ClN2O7/c1-28(2)38-34(54)27-50(24-25-52-43(59)46(7,8)53-40(55)29-12-14-30(51)15-13-29)23-22-48(10)31(39(38)50)16-17-36-47(9)20-19-37(45(5,6)35(47)18-21-49(36,48)11)60-42(58)33-26-32(41(56)57)44(33,3)4/h12-15,28,31-33,35-37H,16-27H2,1-11H3,(H,52,59)(H,53,55)(H,56,57)/t31-,32+,33-,35+,36-,37+,47+,48-,49-,50-/m1/s1. The fourth-order valence-electron chi connectivity index (χ4n) is 14.9. The molecule has 5 saturated carbocycles. The first-order valence-corrected chi connectivity index (χ1v) is 23.2. The minimum absolute atomic E-state index is 0.00534. The van der Waals surface area contributed by atoms with Gasteiger partial charge < -0.3 is 20.5 Å². The third-order valence-electron chi connectivity index (χ3n) is 18.6. The third-order valence-corrected chi connectivity index (χ3v) is 18.9. The summed E-state index contributed by atoms with van der Waals surface area (Å²) in [7, 11) is 0. The zero-order chi connectivity index (χ0) is 44.2. The summed E-state index contributed by atoms with van der Waals surface area (Å²) in [5.41, 5.74) is 0.660. The molecule has 0 spiro atoms. The minimum atomic E-state index is -1.15. The van der Waals surface area contributed by atoms with Crippen molar-refractivity contribution in [2.45, 2.75) is 158 Å². The number of carbonyl (C=O) groups excluding carboxylic acids is 4. The van der Waals surface area contributed by atoms with Crippen LogP contribution >= 0.6 is 11.6 Å². The molecule has 0 bridgehead atoms. The Morgan fingerprint density at radius 3 is 2.13 bits per heavy atom. The second-order valence-corrected chi connectivity index (χ2v) is 23.3. The van der Waals surface area contributed by atoms with Crippen molar-refractivity contribution < 1.29 is 33.8 Å². The summed E-state index contributed by atoms with van der Waals surface area (Å²) in [5, 5.41) is 16.3. The number of allylic oxidation sites excluding steroid dienone is 2. The Morgan fingerprint density at radius 1 is 0.850 bits per heavy atom. The number of carboxylic acid groups (broad SMARTS) is 1. The smallest absolute Gasteiger partial charge is 0.309 e. The maximum Gasteiger partial charge on any atom is 0.309 e. The molecule has 0 aromatic heterocycles. The first-order valence-electron chi connectivity index (χ1n) is 22.8. The first kappa shape index (κ1) is 44.8. The predicted octanol–water partition coefficient (Wildman–Crippen LogP) is 9.99. The van der Waals surface area contributed by atoms with Crippen LogP contribution in [0.4, 0.5) is 0 Å². The van der Waals surface area contributed by atoms with Gasteiger partial charge in [-0.15, -0.1) is 0 Å². The van der Waals surface area contributed by atoms with Crippen LogP contribution in [0, 0.1) is 68.0 Å². The van der Waals surface area contributed by atoms with E-state index in [0.29, 0.717) is 48.2 Å². The van der Waals surface area contributed by atoms with Crippen LogP contribution in [-0.4, -0.2) is 52.8 Å². The molecule has 0 saturated heterocycles. The largest absolute Gasteiger partial charge is 0.481 e. The van der Waals surface area contributed by atoms with Gasteiger partial charge in [0.05, 0.1) is 11.8 Å². The monoisotopic (exact) mass is 846 g/mol. The zero-order valence-corrected chi connectivity index (χ0v) is 38.9. The Kier molecular flexibility index (Phi) is 11.2. The second kappa shape index (κ2) is 15.0. The predicted molar refractivity (Wildman–Crippen MR) is 233 cm³/mol. The quantitative estimate of drug-likeness (QED) is 0.199. The number of ketones is 1. The average Bonchev–Trinajstić information content (AvgIpc) is 3.44. The van der Waals surface area contributed by atoms with Gasteiger partial charge in [-0.1, -0.05) is 79.5 Å². The molecule has 5 fully saturated rings. The van der Waals surface area contributed by atoms with E-state index in [1.54, 1.807) is 38.1 Å². The lowest BCUT2D eigenvalue weighted by molar-refractivity contribution is -0.236. The van der Waals surface area contributed by atoms with Crippen LogP contribution in [0.2, 0.25) is 5.02 Å². The molecule has 0 unspecified atom stereocenters.